The van der Waals surface area contributed by atoms with Crippen LogP contribution in [-0.4, -0.2) is 34.5 Å². The van der Waals surface area contributed by atoms with Crippen molar-refractivity contribution in [2.75, 3.05) is 18.0 Å². The number of nitrogens with one attached hydrogen (secondary N) is 1. The zero-order valence-corrected chi connectivity index (χ0v) is 12.3. The highest BCUT2D eigenvalue weighted by atomic mass is 15.3. The Kier molecular flexibility index (Phi) is 3.66. The standard InChI is InChI=1S/C14H26N4/c1-6-14(4)10-18(12-7-16-17(5)9-12)13(8-15-14)11(2)3/h7,9,11,13,15H,6,8,10H2,1-5H3. The molecule has 2 unspecified atom stereocenters. The van der Waals surface area contributed by atoms with Gasteiger partial charge in [0, 0.05) is 37.9 Å². The van der Waals surface area contributed by atoms with Gasteiger partial charge in [0.25, 0.3) is 0 Å². The third-order valence-corrected chi connectivity index (χ3v) is 4.23. The second-order valence-electron chi connectivity index (χ2n) is 6.11. The topological polar surface area (TPSA) is 33.1 Å². The molecular formula is C14H26N4. The van der Waals surface area contributed by atoms with Gasteiger partial charge in [-0.1, -0.05) is 20.8 Å². The summed E-state index contributed by atoms with van der Waals surface area (Å²) in [6.07, 6.45) is 5.25. The minimum absolute atomic E-state index is 0.210. The van der Waals surface area contributed by atoms with Gasteiger partial charge in [0.1, 0.15) is 0 Å². The minimum atomic E-state index is 0.210. The number of aryl methyl sites for hydroxylation is 1. The van der Waals surface area contributed by atoms with E-state index < -0.39 is 0 Å². The Labute approximate surface area is 110 Å². The molecule has 4 nitrogen and oxygen atoms in total. The van der Waals surface area contributed by atoms with Crippen LogP contribution in [0.1, 0.15) is 34.1 Å². The third-order valence-electron chi connectivity index (χ3n) is 4.23. The molecule has 1 aromatic heterocycles. The zero-order chi connectivity index (χ0) is 13.3. The number of rotatable bonds is 3. The van der Waals surface area contributed by atoms with E-state index in [1.165, 1.54) is 5.69 Å². The Morgan fingerprint density at radius 2 is 2.28 bits per heavy atom. The molecule has 0 saturated carbocycles. The summed E-state index contributed by atoms with van der Waals surface area (Å²) < 4.78 is 1.89. The first-order valence-electron chi connectivity index (χ1n) is 6.95. The summed E-state index contributed by atoms with van der Waals surface area (Å²) in [4.78, 5) is 2.53. The predicted molar refractivity (Wildman–Crippen MR) is 75.9 cm³/mol. The molecule has 0 amide bonds. The van der Waals surface area contributed by atoms with E-state index in [9.17, 15) is 0 Å². The Morgan fingerprint density at radius 3 is 2.78 bits per heavy atom. The lowest BCUT2D eigenvalue weighted by atomic mass is 9.90. The lowest BCUT2D eigenvalue weighted by Gasteiger charge is -2.48. The minimum Gasteiger partial charge on any atom is -0.363 e. The molecule has 1 aliphatic heterocycles. The molecule has 4 heteroatoms. The average Bonchev–Trinajstić information content (AvgIpc) is 2.75. The molecule has 0 bridgehead atoms. The van der Waals surface area contributed by atoms with Crippen molar-refractivity contribution in [2.45, 2.75) is 45.7 Å². The molecule has 0 radical (unpaired) electrons. The number of anilines is 1. The van der Waals surface area contributed by atoms with Gasteiger partial charge in [0.05, 0.1) is 11.9 Å². The fourth-order valence-corrected chi connectivity index (χ4v) is 2.68. The van der Waals surface area contributed by atoms with Gasteiger partial charge in [-0.05, 0) is 19.3 Å². The molecule has 1 saturated heterocycles. The van der Waals surface area contributed by atoms with Crippen molar-refractivity contribution < 1.29 is 0 Å². The maximum Gasteiger partial charge on any atom is 0.0756 e. The van der Waals surface area contributed by atoms with Gasteiger partial charge >= 0.3 is 0 Å². The number of hydrogen-bond acceptors (Lipinski definition) is 3. The largest absolute Gasteiger partial charge is 0.363 e. The van der Waals surface area contributed by atoms with Crippen LogP contribution in [0.25, 0.3) is 0 Å². The van der Waals surface area contributed by atoms with E-state index in [2.05, 4.69) is 49.2 Å². The van der Waals surface area contributed by atoms with Crippen molar-refractivity contribution in [3.8, 4) is 0 Å². The summed E-state index contributed by atoms with van der Waals surface area (Å²) >= 11 is 0. The number of nitrogens with zero attached hydrogens (tertiary/aromatic N) is 3. The first kappa shape index (κ1) is 13.4. The fourth-order valence-electron chi connectivity index (χ4n) is 2.68. The summed E-state index contributed by atoms with van der Waals surface area (Å²) in [6.45, 7) is 11.3. The molecule has 1 aliphatic rings. The van der Waals surface area contributed by atoms with Crippen molar-refractivity contribution in [2.24, 2.45) is 13.0 Å². The number of hydrogen-bond donors (Lipinski definition) is 1. The third kappa shape index (κ3) is 2.53. The molecule has 102 valence electrons. The van der Waals surface area contributed by atoms with Gasteiger partial charge in [0.15, 0.2) is 0 Å². The molecule has 1 N–H and O–H groups in total. The van der Waals surface area contributed by atoms with E-state index in [1.807, 2.05) is 17.9 Å². The smallest absolute Gasteiger partial charge is 0.0756 e. The molecule has 2 atom stereocenters. The van der Waals surface area contributed by atoms with Crippen LogP contribution in [0.5, 0.6) is 0 Å². The summed E-state index contributed by atoms with van der Waals surface area (Å²) in [5.41, 5.74) is 1.46. The number of aromatic nitrogens is 2. The molecule has 0 aromatic carbocycles. The highest BCUT2D eigenvalue weighted by molar-refractivity contribution is 5.45. The lowest BCUT2D eigenvalue weighted by Crippen LogP contribution is -2.64. The summed E-state index contributed by atoms with van der Waals surface area (Å²) in [5.74, 6) is 0.638. The van der Waals surface area contributed by atoms with Crippen molar-refractivity contribution in [1.82, 2.24) is 15.1 Å². The van der Waals surface area contributed by atoms with Crippen LogP contribution >= 0.6 is 0 Å². The fraction of sp³-hybridized carbons (Fsp3) is 0.786. The van der Waals surface area contributed by atoms with Crippen LogP contribution in [0.4, 0.5) is 5.69 Å². The molecule has 0 spiro atoms. The first-order valence-corrected chi connectivity index (χ1v) is 6.95. The maximum atomic E-state index is 4.31. The van der Waals surface area contributed by atoms with E-state index in [0.717, 1.165) is 19.5 Å². The van der Waals surface area contributed by atoms with Crippen molar-refractivity contribution in [3.05, 3.63) is 12.4 Å². The van der Waals surface area contributed by atoms with Gasteiger partial charge < -0.3 is 10.2 Å². The highest BCUT2D eigenvalue weighted by Gasteiger charge is 2.36. The van der Waals surface area contributed by atoms with Crippen LogP contribution in [0.15, 0.2) is 12.4 Å². The summed E-state index contributed by atoms with van der Waals surface area (Å²) in [6, 6.07) is 0.550. The zero-order valence-electron chi connectivity index (χ0n) is 12.3. The highest BCUT2D eigenvalue weighted by Crippen LogP contribution is 2.27. The summed E-state index contributed by atoms with van der Waals surface area (Å²) in [7, 11) is 1.98. The predicted octanol–water partition coefficient (Wildman–Crippen LogP) is 2.02. The molecule has 0 aliphatic carbocycles. The van der Waals surface area contributed by atoms with Crippen LogP contribution in [0, 0.1) is 5.92 Å². The van der Waals surface area contributed by atoms with Crippen LogP contribution in [0.2, 0.25) is 0 Å². The van der Waals surface area contributed by atoms with Crippen LogP contribution in [0.3, 0.4) is 0 Å². The Morgan fingerprint density at radius 1 is 1.56 bits per heavy atom. The van der Waals surface area contributed by atoms with Gasteiger partial charge in [-0.15, -0.1) is 0 Å². The van der Waals surface area contributed by atoms with Gasteiger partial charge in [-0.3, -0.25) is 4.68 Å². The molecule has 18 heavy (non-hydrogen) atoms. The summed E-state index contributed by atoms with van der Waals surface area (Å²) in [5, 5.41) is 8.03. The molecule has 1 aromatic rings. The SMILES string of the molecule is CCC1(C)CN(c2cnn(C)c2)C(C(C)C)CN1. The average molecular weight is 250 g/mol. The lowest BCUT2D eigenvalue weighted by molar-refractivity contribution is 0.253. The van der Waals surface area contributed by atoms with E-state index in [1.54, 1.807) is 0 Å². The molecule has 2 rings (SSSR count). The van der Waals surface area contributed by atoms with Gasteiger partial charge in [-0.2, -0.15) is 5.10 Å². The Hall–Kier alpha value is -1.03. The van der Waals surface area contributed by atoms with Crippen LogP contribution in [-0.2, 0) is 7.05 Å². The van der Waals surface area contributed by atoms with Gasteiger partial charge in [0.2, 0.25) is 0 Å². The monoisotopic (exact) mass is 250 g/mol. The van der Waals surface area contributed by atoms with E-state index in [4.69, 9.17) is 0 Å². The van der Waals surface area contributed by atoms with E-state index in [0.29, 0.717) is 12.0 Å². The van der Waals surface area contributed by atoms with Crippen LogP contribution < -0.4 is 10.2 Å². The Bertz CT molecular complexity index is 398. The Balaban J connectivity index is 2.25. The quantitative estimate of drug-likeness (QED) is 0.891. The normalized spacial score (nSPS) is 29.0. The molecular weight excluding hydrogens is 224 g/mol. The van der Waals surface area contributed by atoms with E-state index in [-0.39, 0.29) is 5.54 Å². The van der Waals surface area contributed by atoms with Crippen molar-refractivity contribution in [3.63, 3.8) is 0 Å². The molecule has 1 fully saturated rings. The van der Waals surface area contributed by atoms with Crippen molar-refractivity contribution in [1.29, 1.82) is 0 Å². The van der Waals surface area contributed by atoms with Crippen molar-refractivity contribution >= 4 is 5.69 Å². The van der Waals surface area contributed by atoms with E-state index >= 15 is 0 Å². The number of piperazine rings is 1. The second kappa shape index (κ2) is 4.92. The molecule has 2 heterocycles. The first-order chi connectivity index (χ1) is 8.45. The maximum absolute atomic E-state index is 4.31. The van der Waals surface area contributed by atoms with Gasteiger partial charge in [-0.25, -0.2) is 0 Å². The second-order valence-corrected chi connectivity index (χ2v) is 6.11.